The average Bonchev–Trinajstić information content (AvgIpc) is 3.10. The third kappa shape index (κ3) is 2.85. The van der Waals surface area contributed by atoms with Crippen LogP contribution in [0.25, 0.3) is 0 Å². The number of methoxy groups -OCH3 is 1. The molecule has 118 valence electrons. The van der Waals surface area contributed by atoms with Crippen LogP contribution in [-0.4, -0.2) is 39.7 Å². The maximum Gasteiger partial charge on any atom is 0.229 e. The third-order valence-corrected chi connectivity index (χ3v) is 5.06. The molecule has 3 heterocycles. The van der Waals surface area contributed by atoms with E-state index in [-0.39, 0.29) is 0 Å². The third-order valence-electron chi connectivity index (χ3n) is 4.25. The fourth-order valence-corrected chi connectivity index (χ4v) is 3.52. The minimum Gasteiger partial charge on any atom is -0.377 e. The first-order valence-electron chi connectivity index (χ1n) is 7.73. The zero-order valence-electron chi connectivity index (χ0n) is 12.6. The van der Waals surface area contributed by atoms with Crippen molar-refractivity contribution in [3.63, 3.8) is 0 Å². The van der Waals surface area contributed by atoms with E-state index in [1.165, 1.54) is 24.4 Å². The largest absolute Gasteiger partial charge is 0.377 e. The van der Waals surface area contributed by atoms with E-state index in [0.29, 0.717) is 18.4 Å². The number of piperidine rings is 1. The molecular formula is C14H19N5O2S. The SMILES string of the molecule is COCc1nsc(N2CCC(c3noc(C4CC4)n3)CC2)n1. The first-order valence-corrected chi connectivity index (χ1v) is 8.51. The van der Waals surface area contributed by atoms with Crippen LogP contribution in [0, 0.1) is 0 Å². The van der Waals surface area contributed by atoms with E-state index < -0.39 is 0 Å². The van der Waals surface area contributed by atoms with Gasteiger partial charge in [-0.25, -0.2) is 4.98 Å². The van der Waals surface area contributed by atoms with Gasteiger partial charge in [0.15, 0.2) is 11.6 Å². The lowest BCUT2D eigenvalue weighted by Crippen LogP contribution is -2.33. The summed E-state index contributed by atoms with van der Waals surface area (Å²) >= 11 is 1.44. The second-order valence-electron chi connectivity index (χ2n) is 5.95. The van der Waals surface area contributed by atoms with Gasteiger partial charge in [-0.1, -0.05) is 5.16 Å². The van der Waals surface area contributed by atoms with Gasteiger partial charge in [-0.15, -0.1) is 0 Å². The van der Waals surface area contributed by atoms with Crippen LogP contribution in [0.15, 0.2) is 4.52 Å². The molecule has 1 aliphatic carbocycles. The van der Waals surface area contributed by atoms with Gasteiger partial charge in [-0.05, 0) is 25.7 Å². The summed E-state index contributed by atoms with van der Waals surface area (Å²) in [6.07, 6.45) is 4.45. The Morgan fingerprint density at radius 3 is 2.73 bits per heavy atom. The number of nitrogens with zero attached hydrogens (tertiary/aromatic N) is 5. The summed E-state index contributed by atoms with van der Waals surface area (Å²) in [4.78, 5) is 11.4. The molecule has 0 bridgehead atoms. The van der Waals surface area contributed by atoms with E-state index in [1.807, 2.05) is 0 Å². The van der Waals surface area contributed by atoms with Crippen LogP contribution in [0.5, 0.6) is 0 Å². The molecule has 7 nitrogen and oxygen atoms in total. The average molecular weight is 321 g/mol. The highest BCUT2D eigenvalue weighted by atomic mass is 32.1. The number of hydrogen-bond donors (Lipinski definition) is 0. The highest BCUT2D eigenvalue weighted by Crippen LogP contribution is 2.40. The molecule has 2 fully saturated rings. The van der Waals surface area contributed by atoms with Gasteiger partial charge in [-0.3, -0.25) is 0 Å². The Morgan fingerprint density at radius 1 is 1.18 bits per heavy atom. The monoisotopic (exact) mass is 321 g/mol. The molecule has 2 aliphatic rings. The molecule has 2 aromatic rings. The first-order chi connectivity index (χ1) is 10.8. The van der Waals surface area contributed by atoms with Crippen molar-refractivity contribution in [2.24, 2.45) is 0 Å². The lowest BCUT2D eigenvalue weighted by Gasteiger charge is -2.29. The minimum absolute atomic E-state index is 0.402. The molecule has 0 radical (unpaired) electrons. The maximum absolute atomic E-state index is 5.37. The van der Waals surface area contributed by atoms with Crippen LogP contribution in [0.1, 0.15) is 55.1 Å². The van der Waals surface area contributed by atoms with E-state index in [2.05, 4.69) is 24.4 Å². The van der Waals surface area contributed by atoms with E-state index in [1.54, 1.807) is 7.11 Å². The fourth-order valence-electron chi connectivity index (χ4n) is 2.80. The van der Waals surface area contributed by atoms with Crippen LogP contribution in [0.3, 0.4) is 0 Å². The predicted octanol–water partition coefficient (Wildman–Crippen LogP) is 2.33. The molecule has 0 spiro atoms. The molecule has 2 aromatic heterocycles. The van der Waals surface area contributed by atoms with Crippen molar-refractivity contribution >= 4 is 16.7 Å². The first kappa shape index (κ1) is 14.1. The molecule has 0 atom stereocenters. The van der Waals surface area contributed by atoms with E-state index in [0.717, 1.165) is 48.6 Å². The van der Waals surface area contributed by atoms with Gasteiger partial charge in [-0.2, -0.15) is 9.36 Å². The van der Waals surface area contributed by atoms with Gasteiger partial charge in [0, 0.05) is 43.6 Å². The summed E-state index contributed by atoms with van der Waals surface area (Å²) in [7, 11) is 1.66. The quantitative estimate of drug-likeness (QED) is 0.836. The van der Waals surface area contributed by atoms with Crippen molar-refractivity contribution in [3.8, 4) is 0 Å². The summed E-state index contributed by atoms with van der Waals surface area (Å²) in [5.41, 5.74) is 0. The normalized spacial score (nSPS) is 19.8. The van der Waals surface area contributed by atoms with Gasteiger partial charge in [0.25, 0.3) is 0 Å². The van der Waals surface area contributed by atoms with Crippen LogP contribution in [0.4, 0.5) is 5.13 Å². The zero-order chi connectivity index (χ0) is 14.9. The summed E-state index contributed by atoms with van der Waals surface area (Å²) in [6, 6.07) is 0. The Morgan fingerprint density at radius 2 is 2.00 bits per heavy atom. The van der Waals surface area contributed by atoms with Crippen molar-refractivity contribution in [1.82, 2.24) is 19.5 Å². The van der Waals surface area contributed by atoms with Gasteiger partial charge >= 0.3 is 0 Å². The Bertz CT molecular complexity index is 631. The highest BCUT2D eigenvalue weighted by Gasteiger charge is 2.32. The minimum atomic E-state index is 0.402. The van der Waals surface area contributed by atoms with Crippen LogP contribution in [-0.2, 0) is 11.3 Å². The molecule has 1 saturated heterocycles. The van der Waals surface area contributed by atoms with E-state index >= 15 is 0 Å². The van der Waals surface area contributed by atoms with Gasteiger partial charge in [0.05, 0.1) is 0 Å². The standard InChI is InChI=1S/C14H19N5O2S/c1-20-8-11-15-14(22-18-11)19-6-4-9(5-7-19)12-16-13(21-17-12)10-2-3-10/h9-10H,2-8H2,1H3. The Balaban J connectivity index is 1.36. The summed E-state index contributed by atoms with van der Waals surface area (Å²) in [5.74, 6) is 3.42. The number of hydrogen-bond acceptors (Lipinski definition) is 8. The number of ether oxygens (including phenoxy) is 1. The molecule has 0 amide bonds. The van der Waals surface area contributed by atoms with Gasteiger partial charge in [0.1, 0.15) is 6.61 Å². The smallest absolute Gasteiger partial charge is 0.229 e. The van der Waals surface area contributed by atoms with E-state index in [4.69, 9.17) is 9.26 Å². The number of aromatic nitrogens is 4. The topological polar surface area (TPSA) is 77.2 Å². The van der Waals surface area contributed by atoms with Crippen molar-refractivity contribution < 1.29 is 9.26 Å². The molecule has 0 unspecified atom stereocenters. The second-order valence-corrected chi connectivity index (χ2v) is 6.68. The summed E-state index contributed by atoms with van der Waals surface area (Å²) in [5, 5.41) is 5.16. The van der Waals surface area contributed by atoms with Crippen molar-refractivity contribution in [2.75, 3.05) is 25.1 Å². The molecule has 1 aliphatic heterocycles. The molecule has 4 rings (SSSR count). The number of rotatable bonds is 5. The molecular weight excluding hydrogens is 302 g/mol. The molecule has 1 saturated carbocycles. The van der Waals surface area contributed by atoms with Crippen molar-refractivity contribution in [1.29, 1.82) is 0 Å². The Kier molecular flexibility index (Phi) is 3.79. The lowest BCUT2D eigenvalue weighted by molar-refractivity contribution is 0.179. The zero-order valence-corrected chi connectivity index (χ0v) is 13.4. The van der Waals surface area contributed by atoms with Crippen molar-refractivity contribution in [2.45, 2.75) is 44.1 Å². The van der Waals surface area contributed by atoms with Crippen LogP contribution < -0.4 is 4.90 Å². The molecule has 22 heavy (non-hydrogen) atoms. The lowest BCUT2D eigenvalue weighted by atomic mass is 9.96. The van der Waals surface area contributed by atoms with Crippen LogP contribution >= 0.6 is 11.5 Å². The van der Waals surface area contributed by atoms with Gasteiger partial charge < -0.3 is 14.2 Å². The number of anilines is 1. The molecule has 0 aromatic carbocycles. The highest BCUT2D eigenvalue weighted by molar-refractivity contribution is 7.09. The fraction of sp³-hybridized carbons (Fsp3) is 0.714. The summed E-state index contributed by atoms with van der Waals surface area (Å²) in [6.45, 7) is 2.39. The maximum atomic E-state index is 5.37. The van der Waals surface area contributed by atoms with Crippen molar-refractivity contribution in [3.05, 3.63) is 17.5 Å². The Labute approximate surface area is 132 Å². The second kappa shape index (κ2) is 5.92. The van der Waals surface area contributed by atoms with Gasteiger partial charge in [0.2, 0.25) is 11.0 Å². The van der Waals surface area contributed by atoms with E-state index in [9.17, 15) is 0 Å². The van der Waals surface area contributed by atoms with Crippen LogP contribution in [0.2, 0.25) is 0 Å². The molecule has 8 heteroatoms. The molecule has 0 N–H and O–H groups in total. The summed E-state index contributed by atoms with van der Waals surface area (Å²) < 4.78 is 14.8. The predicted molar refractivity (Wildman–Crippen MR) is 81.1 cm³/mol. The Hall–Kier alpha value is -1.54.